The highest BCUT2D eigenvalue weighted by atomic mass is 35.5. The van der Waals surface area contributed by atoms with E-state index < -0.39 is 17.5 Å². The molecule has 9 heteroatoms. The Hall–Kier alpha value is -2.84. The molecule has 0 fully saturated rings. The Labute approximate surface area is 190 Å². The smallest absolute Gasteiger partial charge is 0.321 e. The number of carbonyl (C=O) groups excluding carboxylic acids is 2. The van der Waals surface area contributed by atoms with Gasteiger partial charge in [-0.05, 0) is 64.1 Å². The van der Waals surface area contributed by atoms with Crippen molar-refractivity contribution in [3.63, 3.8) is 0 Å². The van der Waals surface area contributed by atoms with E-state index in [2.05, 4.69) is 20.8 Å². The van der Waals surface area contributed by atoms with Gasteiger partial charge in [-0.1, -0.05) is 41.1 Å². The van der Waals surface area contributed by atoms with Crippen LogP contribution in [-0.4, -0.2) is 38.0 Å². The minimum absolute atomic E-state index is 0.0160. The Morgan fingerprint density at radius 3 is 2.29 bits per heavy atom. The molecule has 7 nitrogen and oxygen atoms in total. The molecule has 3 amide bonds. The first-order valence-electron chi connectivity index (χ1n) is 9.65. The Bertz CT molecular complexity index is 1070. The summed E-state index contributed by atoms with van der Waals surface area (Å²) in [5.74, 6) is 0.231. The van der Waals surface area contributed by atoms with Gasteiger partial charge >= 0.3 is 6.03 Å². The lowest BCUT2D eigenvalue weighted by molar-refractivity contribution is -0.117. The molecule has 3 rings (SSSR count). The third kappa shape index (κ3) is 6.32. The molecule has 3 aromatic rings. The molecule has 0 spiro atoms. The monoisotopic (exact) mass is 457 g/mol. The van der Waals surface area contributed by atoms with E-state index in [1.54, 1.807) is 12.1 Å². The summed E-state index contributed by atoms with van der Waals surface area (Å²) >= 11 is 7.22. The number of hydrogen-bond donors (Lipinski definition) is 2. The van der Waals surface area contributed by atoms with Gasteiger partial charge in [0.1, 0.15) is 0 Å². The summed E-state index contributed by atoms with van der Waals surface area (Å²) in [6, 6.07) is 14.7. The van der Waals surface area contributed by atoms with Crippen LogP contribution in [0, 0.1) is 6.92 Å². The summed E-state index contributed by atoms with van der Waals surface area (Å²) in [7, 11) is 0. The molecule has 162 valence electrons. The average molecular weight is 458 g/mol. The Balaban J connectivity index is 1.83. The number of amides is 3. The minimum atomic E-state index is -0.528. The highest BCUT2D eigenvalue weighted by molar-refractivity contribution is 7.99. The average Bonchev–Trinajstić information content (AvgIpc) is 3.10. The van der Waals surface area contributed by atoms with E-state index in [4.69, 9.17) is 11.6 Å². The van der Waals surface area contributed by atoms with Crippen LogP contribution in [0.1, 0.15) is 26.3 Å². The van der Waals surface area contributed by atoms with Crippen LogP contribution in [0.25, 0.3) is 17.1 Å². The number of imide groups is 1. The predicted molar refractivity (Wildman–Crippen MR) is 124 cm³/mol. The second-order valence-corrected chi connectivity index (χ2v) is 9.40. The van der Waals surface area contributed by atoms with Crippen molar-refractivity contribution in [2.75, 3.05) is 5.75 Å². The molecule has 2 N–H and O–H groups in total. The number of hydrogen-bond acceptors (Lipinski definition) is 5. The number of rotatable bonds is 5. The maximum Gasteiger partial charge on any atom is 0.321 e. The Kier molecular flexibility index (Phi) is 7.02. The summed E-state index contributed by atoms with van der Waals surface area (Å²) in [5, 5.41) is 14.8. The molecule has 0 saturated heterocycles. The van der Waals surface area contributed by atoms with E-state index in [0.29, 0.717) is 16.0 Å². The van der Waals surface area contributed by atoms with Crippen LogP contribution in [0.15, 0.2) is 53.7 Å². The van der Waals surface area contributed by atoms with Crippen molar-refractivity contribution in [2.24, 2.45) is 0 Å². The highest BCUT2D eigenvalue weighted by Gasteiger charge is 2.19. The van der Waals surface area contributed by atoms with Gasteiger partial charge in [0.05, 0.1) is 5.75 Å². The summed E-state index contributed by atoms with van der Waals surface area (Å²) in [6.45, 7) is 7.54. The number of urea groups is 1. The molecule has 0 atom stereocenters. The fourth-order valence-corrected chi connectivity index (χ4v) is 3.62. The van der Waals surface area contributed by atoms with Crippen LogP contribution < -0.4 is 10.6 Å². The number of aryl methyl sites for hydroxylation is 1. The normalized spacial score (nSPS) is 11.3. The maximum atomic E-state index is 12.3. The van der Waals surface area contributed by atoms with Gasteiger partial charge in [-0.3, -0.25) is 14.7 Å². The highest BCUT2D eigenvalue weighted by Crippen LogP contribution is 2.28. The van der Waals surface area contributed by atoms with Gasteiger partial charge in [0.2, 0.25) is 5.91 Å². The number of aromatic nitrogens is 3. The first kappa shape index (κ1) is 22.8. The first-order valence-corrected chi connectivity index (χ1v) is 11.0. The van der Waals surface area contributed by atoms with Crippen molar-refractivity contribution in [2.45, 2.75) is 38.4 Å². The summed E-state index contributed by atoms with van der Waals surface area (Å²) < 4.78 is 1.88. The van der Waals surface area contributed by atoms with Crippen molar-refractivity contribution in [1.29, 1.82) is 0 Å². The molecule has 0 radical (unpaired) electrons. The maximum absolute atomic E-state index is 12.3. The quantitative estimate of drug-likeness (QED) is 0.546. The molecule has 0 bridgehead atoms. The van der Waals surface area contributed by atoms with Gasteiger partial charge < -0.3 is 5.32 Å². The predicted octanol–water partition coefficient (Wildman–Crippen LogP) is 4.61. The first-order chi connectivity index (χ1) is 14.6. The number of thioether (sulfide) groups is 1. The SMILES string of the molecule is Cc1ccc(-n2c(SCC(=O)NC(=O)NC(C)(C)C)nnc2-c2ccc(Cl)cc2)cc1. The fourth-order valence-electron chi connectivity index (χ4n) is 2.74. The summed E-state index contributed by atoms with van der Waals surface area (Å²) in [5.41, 5.74) is 2.41. The van der Waals surface area contributed by atoms with Crippen LogP contribution in [-0.2, 0) is 4.79 Å². The molecule has 31 heavy (non-hydrogen) atoms. The zero-order chi connectivity index (χ0) is 22.6. The largest absolute Gasteiger partial charge is 0.333 e. The van der Waals surface area contributed by atoms with Crippen molar-refractivity contribution in [3.05, 3.63) is 59.1 Å². The second-order valence-electron chi connectivity index (χ2n) is 8.03. The van der Waals surface area contributed by atoms with E-state index >= 15 is 0 Å². The molecule has 0 unspecified atom stereocenters. The Morgan fingerprint density at radius 2 is 1.68 bits per heavy atom. The molecule has 0 saturated carbocycles. The van der Waals surface area contributed by atoms with Gasteiger partial charge in [0, 0.05) is 21.8 Å². The van der Waals surface area contributed by atoms with Crippen LogP contribution in [0.3, 0.4) is 0 Å². The third-order valence-electron chi connectivity index (χ3n) is 4.10. The fraction of sp³-hybridized carbons (Fsp3) is 0.273. The molecule has 2 aromatic carbocycles. The number of benzene rings is 2. The molecule has 0 aliphatic heterocycles. The van der Waals surface area contributed by atoms with E-state index in [1.165, 1.54) is 11.8 Å². The van der Waals surface area contributed by atoms with E-state index in [-0.39, 0.29) is 5.75 Å². The molecule has 0 aliphatic rings. The van der Waals surface area contributed by atoms with Gasteiger partial charge in [-0.25, -0.2) is 4.79 Å². The van der Waals surface area contributed by atoms with Gasteiger partial charge in [-0.15, -0.1) is 10.2 Å². The van der Waals surface area contributed by atoms with Crippen LogP contribution >= 0.6 is 23.4 Å². The standard InChI is InChI=1S/C22H24ClN5O2S/c1-14-5-11-17(12-6-14)28-19(15-7-9-16(23)10-8-15)26-27-21(28)31-13-18(29)24-20(30)25-22(2,3)4/h5-12H,13H2,1-4H3,(H2,24,25,29,30). The topological polar surface area (TPSA) is 88.9 Å². The van der Waals surface area contributed by atoms with Gasteiger partial charge in [0.15, 0.2) is 11.0 Å². The number of nitrogens with zero attached hydrogens (tertiary/aromatic N) is 3. The molecule has 1 aromatic heterocycles. The lowest BCUT2D eigenvalue weighted by Gasteiger charge is -2.20. The number of nitrogens with one attached hydrogen (secondary N) is 2. The third-order valence-corrected chi connectivity index (χ3v) is 5.28. The number of halogens is 1. The van der Waals surface area contributed by atoms with Crippen molar-refractivity contribution < 1.29 is 9.59 Å². The van der Waals surface area contributed by atoms with Crippen LogP contribution in [0.5, 0.6) is 0 Å². The van der Waals surface area contributed by atoms with E-state index in [9.17, 15) is 9.59 Å². The lowest BCUT2D eigenvalue weighted by atomic mass is 10.1. The Morgan fingerprint density at radius 1 is 1.03 bits per heavy atom. The summed E-state index contributed by atoms with van der Waals surface area (Å²) in [4.78, 5) is 24.2. The molecular weight excluding hydrogens is 434 g/mol. The van der Waals surface area contributed by atoms with Crippen molar-refractivity contribution >= 4 is 35.3 Å². The van der Waals surface area contributed by atoms with Crippen molar-refractivity contribution in [3.8, 4) is 17.1 Å². The molecule has 1 heterocycles. The van der Waals surface area contributed by atoms with Crippen LogP contribution in [0.4, 0.5) is 4.79 Å². The van der Waals surface area contributed by atoms with Gasteiger partial charge in [-0.2, -0.15) is 0 Å². The van der Waals surface area contributed by atoms with Gasteiger partial charge in [0.25, 0.3) is 0 Å². The number of carbonyl (C=O) groups is 2. The van der Waals surface area contributed by atoms with Crippen LogP contribution in [0.2, 0.25) is 5.02 Å². The zero-order valence-electron chi connectivity index (χ0n) is 17.8. The minimum Gasteiger partial charge on any atom is -0.333 e. The zero-order valence-corrected chi connectivity index (χ0v) is 19.3. The second kappa shape index (κ2) is 9.53. The lowest BCUT2D eigenvalue weighted by Crippen LogP contribution is -2.48. The van der Waals surface area contributed by atoms with Crippen molar-refractivity contribution in [1.82, 2.24) is 25.4 Å². The molecular formula is C22H24ClN5O2S. The van der Waals surface area contributed by atoms with E-state index in [1.807, 2.05) is 68.7 Å². The summed E-state index contributed by atoms with van der Waals surface area (Å²) in [6.07, 6.45) is 0. The van der Waals surface area contributed by atoms with E-state index in [0.717, 1.165) is 16.8 Å². The molecule has 0 aliphatic carbocycles.